The molecule has 2 N–H and O–H groups in total. The van der Waals surface area contributed by atoms with Crippen LogP contribution in [0.4, 0.5) is 0 Å². The summed E-state index contributed by atoms with van der Waals surface area (Å²) in [6.45, 7) is 8.00. The molecule has 2 heterocycles. The molecule has 6 nitrogen and oxygen atoms in total. The standard InChI is InChI=1S/C16H26N4O2/c1-4-20-14(9-13(18-20)8-11(2)3)16(22)19-7-5-6-12(10-19)15(17)21/h9,11-12H,4-8,10H2,1-3H3,(H2,17,21). The van der Waals surface area contributed by atoms with Crippen LogP contribution in [-0.4, -0.2) is 39.6 Å². The van der Waals surface area contributed by atoms with Gasteiger partial charge in [0, 0.05) is 19.6 Å². The number of likely N-dealkylation sites (tertiary alicyclic amines) is 1. The van der Waals surface area contributed by atoms with E-state index >= 15 is 0 Å². The van der Waals surface area contributed by atoms with Gasteiger partial charge in [-0.2, -0.15) is 5.10 Å². The lowest BCUT2D eigenvalue weighted by molar-refractivity contribution is -0.123. The molecule has 0 saturated carbocycles. The van der Waals surface area contributed by atoms with Gasteiger partial charge in [0.2, 0.25) is 5.91 Å². The zero-order valence-electron chi connectivity index (χ0n) is 13.7. The summed E-state index contributed by atoms with van der Waals surface area (Å²) in [5.74, 6) is -0.0967. The monoisotopic (exact) mass is 306 g/mol. The first-order valence-corrected chi connectivity index (χ1v) is 8.07. The van der Waals surface area contributed by atoms with Crippen LogP contribution in [0.25, 0.3) is 0 Å². The number of rotatable bonds is 5. The van der Waals surface area contributed by atoms with Gasteiger partial charge in [-0.3, -0.25) is 14.3 Å². The fourth-order valence-corrected chi connectivity index (χ4v) is 2.96. The number of nitrogens with two attached hydrogens (primary N) is 1. The van der Waals surface area contributed by atoms with Crippen LogP contribution in [-0.2, 0) is 17.8 Å². The van der Waals surface area contributed by atoms with E-state index in [0.29, 0.717) is 31.2 Å². The molecule has 2 rings (SSSR count). The molecule has 2 amide bonds. The number of nitrogens with zero attached hydrogens (tertiary/aromatic N) is 3. The van der Waals surface area contributed by atoms with Crippen LogP contribution < -0.4 is 5.73 Å². The number of carbonyl (C=O) groups excluding carboxylic acids is 2. The Morgan fingerprint density at radius 3 is 2.77 bits per heavy atom. The van der Waals surface area contributed by atoms with Crippen LogP contribution in [0, 0.1) is 11.8 Å². The molecule has 1 aliphatic rings. The van der Waals surface area contributed by atoms with Gasteiger partial charge in [-0.15, -0.1) is 0 Å². The zero-order chi connectivity index (χ0) is 16.3. The second kappa shape index (κ2) is 6.94. The predicted molar refractivity (Wildman–Crippen MR) is 84.3 cm³/mol. The van der Waals surface area contributed by atoms with Crippen LogP contribution >= 0.6 is 0 Å². The Morgan fingerprint density at radius 2 is 2.18 bits per heavy atom. The minimum Gasteiger partial charge on any atom is -0.369 e. The molecule has 1 fully saturated rings. The van der Waals surface area contributed by atoms with Crippen LogP contribution in [0.5, 0.6) is 0 Å². The minimum absolute atomic E-state index is 0.0460. The van der Waals surface area contributed by atoms with Gasteiger partial charge in [0.15, 0.2) is 0 Å². The summed E-state index contributed by atoms with van der Waals surface area (Å²) in [6, 6.07) is 1.89. The topological polar surface area (TPSA) is 81.2 Å². The Balaban J connectivity index is 2.17. The highest BCUT2D eigenvalue weighted by atomic mass is 16.2. The molecule has 0 spiro atoms. The van der Waals surface area contributed by atoms with E-state index in [1.165, 1.54) is 0 Å². The third-order valence-corrected chi connectivity index (χ3v) is 4.08. The van der Waals surface area contributed by atoms with Gasteiger partial charge in [0.1, 0.15) is 5.69 Å². The normalized spacial score (nSPS) is 18.7. The van der Waals surface area contributed by atoms with Gasteiger partial charge < -0.3 is 10.6 Å². The molecule has 1 atom stereocenters. The highest BCUT2D eigenvalue weighted by Crippen LogP contribution is 2.19. The molecule has 0 aliphatic carbocycles. The number of hydrogen-bond donors (Lipinski definition) is 1. The Kier molecular flexibility index (Phi) is 5.21. The van der Waals surface area contributed by atoms with E-state index < -0.39 is 0 Å². The van der Waals surface area contributed by atoms with E-state index in [-0.39, 0.29) is 17.7 Å². The summed E-state index contributed by atoms with van der Waals surface area (Å²) in [4.78, 5) is 25.9. The van der Waals surface area contributed by atoms with Gasteiger partial charge in [-0.05, 0) is 38.2 Å². The van der Waals surface area contributed by atoms with Crippen molar-refractivity contribution in [1.29, 1.82) is 0 Å². The van der Waals surface area contributed by atoms with E-state index in [1.807, 2.05) is 13.0 Å². The van der Waals surface area contributed by atoms with E-state index in [0.717, 1.165) is 25.0 Å². The van der Waals surface area contributed by atoms with Crippen molar-refractivity contribution in [2.45, 2.75) is 46.6 Å². The highest BCUT2D eigenvalue weighted by molar-refractivity contribution is 5.93. The minimum atomic E-state index is -0.318. The predicted octanol–water partition coefficient (Wildman–Crippen LogP) is 1.44. The lowest BCUT2D eigenvalue weighted by Crippen LogP contribution is -2.44. The SMILES string of the molecule is CCn1nc(CC(C)C)cc1C(=O)N1CCCC(C(N)=O)C1. The number of carbonyl (C=O) groups is 2. The van der Waals surface area contributed by atoms with Crippen molar-refractivity contribution in [2.75, 3.05) is 13.1 Å². The van der Waals surface area contributed by atoms with Crippen molar-refractivity contribution >= 4 is 11.8 Å². The molecule has 1 saturated heterocycles. The molecule has 1 unspecified atom stereocenters. The van der Waals surface area contributed by atoms with Crippen molar-refractivity contribution in [1.82, 2.24) is 14.7 Å². The Morgan fingerprint density at radius 1 is 1.45 bits per heavy atom. The van der Waals surface area contributed by atoms with E-state index in [1.54, 1.807) is 9.58 Å². The summed E-state index contributed by atoms with van der Waals surface area (Å²) >= 11 is 0. The molecule has 0 radical (unpaired) electrons. The molecular formula is C16H26N4O2. The average Bonchev–Trinajstić information content (AvgIpc) is 2.88. The second-order valence-corrected chi connectivity index (χ2v) is 6.43. The quantitative estimate of drug-likeness (QED) is 0.893. The summed E-state index contributed by atoms with van der Waals surface area (Å²) in [5.41, 5.74) is 6.95. The first-order chi connectivity index (χ1) is 10.4. The summed E-state index contributed by atoms with van der Waals surface area (Å²) in [7, 11) is 0. The smallest absolute Gasteiger partial charge is 0.272 e. The molecule has 1 aromatic rings. The summed E-state index contributed by atoms with van der Waals surface area (Å²) < 4.78 is 1.76. The molecule has 6 heteroatoms. The fourth-order valence-electron chi connectivity index (χ4n) is 2.96. The molecule has 22 heavy (non-hydrogen) atoms. The second-order valence-electron chi connectivity index (χ2n) is 6.43. The number of primary amides is 1. The van der Waals surface area contributed by atoms with Crippen molar-refractivity contribution in [3.63, 3.8) is 0 Å². The number of amides is 2. The molecule has 1 aromatic heterocycles. The third-order valence-electron chi connectivity index (χ3n) is 4.08. The van der Waals surface area contributed by atoms with Gasteiger partial charge in [-0.25, -0.2) is 0 Å². The largest absolute Gasteiger partial charge is 0.369 e. The van der Waals surface area contributed by atoms with Crippen molar-refractivity contribution in [2.24, 2.45) is 17.6 Å². The lowest BCUT2D eigenvalue weighted by atomic mass is 9.97. The number of piperidine rings is 1. The van der Waals surface area contributed by atoms with Gasteiger partial charge >= 0.3 is 0 Å². The lowest BCUT2D eigenvalue weighted by Gasteiger charge is -2.31. The highest BCUT2D eigenvalue weighted by Gasteiger charge is 2.29. The van der Waals surface area contributed by atoms with Crippen molar-refractivity contribution < 1.29 is 9.59 Å². The first kappa shape index (κ1) is 16.5. The Hall–Kier alpha value is -1.85. The average molecular weight is 306 g/mol. The molecule has 1 aliphatic heterocycles. The zero-order valence-corrected chi connectivity index (χ0v) is 13.7. The fraction of sp³-hybridized carbons (Fsp3) is 0.688. The maximum absolute atomic E-state index is 12.8. The first-order valence-electron chi connectivity index (χ1n) is 8.07. The van der Waals surface area contributed by atoms with Gasteiger partial charge in [-0.1, -0.05) is 13.8 Å². The van der Waals surface area contributed by atoms with E-state index in [9.17, 15) is 9.59 Å². The Labute approximate surface area is 131 Å². The molecular weight excluding hydrogens is 280 g/mol. The summed E-state index contributed by atoms with van der Waals surface area (Å²) in [5, 5.41) is 4.52. The Bertz CT molecular complexity index is 550. The van der Waals surface area contributed by atoms with Gasteiger partial charge in [0.25, 0.3) is 5.91 Å². The van der Waals surface area contributed by atoms with Crippen molar-refractivity contribution in [3.05, 3.63) is 17.5 Å². The van der Waals surface area contributed by atoms with Crippen LogP contribution in [0.15, 0.2) is 6.07 Å². The van der Waals surface area contributed by atoms with Gasteiger partial charge in [0.05, 0.1) is 11.6 Å². The van der Waals surface area contributed by atoms with Crippen LogP contribution in [0.2, 0.25) is 0 Å². The molecule has 0 aromatic carbocycles. The van der Waals surface area contributed by atoms with E-state index in [4.69, 9.17) is 5.73 Å². The van der Waals surface area contributed by atoms with Crippen LogP contribution in [0.3, 0.4) is 0 Å². The maximum atomic E-state index is 12.8. The number of hydrogen-bond acceptors (Lipinski definition) is 3. The number of aryl methyl sites for hydroxylation is 1. The third kappa shape index (κ3) is 3.67. The maximum Gasteiger partial charge on any atom is 0.272 e. The number of aromatic nitrogens is 2. The summed E-state index contributed by atoms with van der Waals surface area (Å²) in [6.07, 6.45) is 2.44. The molecule has 0 bridgehead atoms. The molecule has 122 valence electrons. The van der Waals surface area contributed by atoms with E-state index in [2.05, 4.69) is 18.9 Å². The van der Waals surface area contributed by atoms with Crippen molar-refractivity contribution in [3.8, 4) is 0 Å². The van der Waals surface area contributed by atoms with Crippen LogP contribution in [0.1, 0.15) is 49.8 Å².